The molecule has 0 saturated carbocycles. The van der Waals surface area contributed by atoms with Crippen LogP contribution in [0.25, 0.3) is 11.5 Å². The number of nitrogens with zero attached hydrogens (tertiary/aromatic N) is 6. The molecule has 1 aromatic carbocycles. The molecule has 0 amide bonds. The summed E-state index contributed by atoms with van der Waals surface area (Å²) in [7, 11) is -5.64. The molecule has 1 aliphatic rings. The van der Waals surface area contributed by atoms with E-state index in [2.05, 4.69) is 44.5 Å². The number of aromatic nitrogens is 6. The standard InChI is InChI=1S/C28H34F3N7O3SSi/c1-17-24(12-20(29)13-32-17)42(39,40)36-22-8-7-21(30)25(26(22)31)19-6-9-23-27(33-15-37(23)14-19)28-35-34-18(2)38(28)16-41-10-11-43(3,4)5/h7-8,12-13,15,19,36H,6,9-11,14,16H2,1-5H3. The van der Waals surface area contributed by atoms with Gasteiger partial charge in [0.05, 0.1) is 23.9 Å². The number of imidazole rings is 1. The zero-order chi connectivity index (χ0) is 31.1. The molecule has 3 aromatic heterocycles. The van der Waals surface area contributed by atoms with Crippen LogP contribution in [0.1, 0.15) is 35.1 Å². The molecule has 230 valence electrons. The fourth-order valence-electron chi connectivity index (χ4n) is 5.12. The van der Waals surface area contributed by atoms with Gasteiger partial charge >= 0.3 is 0 Å². The summed E-state index contributed by atoms with van der Waals surface area (Å²) in [6, 6.07) is 3.86. The first-order valence-electron chi connectivity index (χ1n) is 13.9. The Kier molecular flexibility index (Phi) is 8.51. The molecule has 1 atom stereocenters. The minimum Gasteiger partial charge on any atom is -0.361 e. The van der Waals surface area contributed by atoms with Crippen LogP contribution in [0.5, 0.6) is 0 Å². The van der Waals surface area contributed by atoms with Crippen LogP contribution in [0.2, 0.25) is 25.7 Å². The Labute approximate surface area is 249 Å². The molecule has 0 radical (unpaired) electrons. The van der Waals surface area contributed by atoms with E-state index in [-0.39, 0.29) is 24.5 Å². The normalized spacial score (nSPS) is 15.5. The van der Waals surface area contributed by atoms with Crippen LogP contribution >= 0.6 is 0 Å². The largest absolute Gasteiger partial charge is 0.361 e. The van der Waals surface area contributed by atoms with Crippen molar-refractivity contribution < 1.29 is 26.3 Å². The van der Waals surface area contributed by atoms with Gasteiger partial charge in [-0.3, -0.25) is 14.3 Å². The number of anilines is 1. The van der Waals surface area contributed by atoms with E-state index in [0.29, 0.717) is 36.8 Å². The average molecular weight is 634 g/mol. The Balaban J connectivity index is 1.37. The van der Waals surface area contributed by atoms with Gasteiger partial charge in [-0.1, -0.05) is 19.6 Å². The summed E-state index contributed by atoms with van der Waals surface area (Å²) in [6.07, 6.45) is 3.33. The van der Waals surface area contributed by atoms with Crippen molar-refractivity contribution in [2.45, 2.75) is 76.5 Å². The van der Waals surface area contributed by atoms with E-state index >= 15 is 8.78 Å². The predicted octanol–water partition coefficient (Wildman–Crippen LogP) is 5.41. The van der Waals surface area contributed by atoms with Gasteiger partial charge < -0.3 is 9.30 Å². The number of fused-ring (bicyclic) bond motifs is 1. The molecule has 1 aliphatic heterocycles. The number of rotatable bonds is 10. The van der Waals surface area contributed by atoms with Crippen molar-refractivity contribution in [3.63, 3.8) is 0 Å². The molecule has 4 heterocycles. The SMILES string of the molecule is Cc1ncc(F)cc1S(=O)(=O)Nc1ccc(F)c(C2CCc3c(-c4nnc(C)n4COCC[Si](C)(C)C)ncn3C2)c1F. The maximum atomic E-state index is 15.8. The van der Waals surface area contributed by atoms with Crippen LogP contribution in [0.4, 0.5) is 18.9 Å². The summed E-state index contributed by atoms with van der Waals surface area (Å²) in [6.45, 7) is 11.2. The number of ether oxygens (including phenoxy) is 1. The zero-order valence-electron chi connectivity index (χ0n) is 24.7. The quantitative estimate of drug-likeness (QED) is 0.183. The molecule has 4 aromatic rings. The maximum Gasteiger partial charge on any atom is 0.263 e. The second-order valence-corrected chi connectivity index (χ2v) is 19.2. The van der Waals surface area contributed by atoms with E-state index < -0.39 is 52.0 Å². The number of aryl methyl sites for hydroxylation is 2. The van der Waals surface area contributed by atoms with Crippen LogP contribution < -0.4 is 4.72 Å². The third kappa shape index (κ3) is 6.52. The smallest absolute Gasteiger partial charge is 0.263 e. The highest BCUT2D eigenvalue weighted by Gasteiger charge is 2.31. The van der Waals surface area contributed by atoms with Gasteiger partial charge in [-0.05, 0) is 50.9 Å². The first-order chi connectivity index (χ1) is 20.2. The minimum atomic E-state index is -4.40. The molecule has 5 rings (SSSR count). The Morgan fingerprint density at radius 3 is 2.63 bits per heavy atom. The van der Waals surface area contributed by atoms with E-state index in [0.717, 1.165) is 36.1 Å². The fourth-order valence-corrected chi connectivity index (χ4v) is 7.14. The molecule has 0 aliphatic carbocycles. The summed E-state index contributed by atoms with van der Waals surface area (Å²) < 4.78 is 82.2. The summed E-state index contributed by atoms with van der Waals surface area (Å²) >= 11 is 0. The van der Waals surface area contributed by atoms with Crippen molar-refractivity contribution in [2.24, 2.45) is 0 Å². The van der Waals surface area contributed by atoms with Crippen molar-refractivity contribution in [1.29, 1.82) is 0 Å². The second kappa shape index (κ2) is 11.8. The van der Waals surface area contributed by atoms with Crippen LogP contribution in [0, 0.1) is 31.3 Å². The summed E-state index contributed by atoms with van der Waals surface area (Å²) in [5, 5.41) is 8.55. The van der Waals surface area contributed by atoms with Gasteiger partial charge in [0.1, 0.15) is 34.8 Å². The molecule has 0 fully saturated rings. The molecular weight excluding hydrogens is 600 g/mol. The topological polar surface area (TPSA) is 117 Å². The van der Waals surface area contributed by atoms with Gasteiger partial charge in [0.25, 0.3) is 10.0 Å². The molecule has 0 saturated heterocycles. The first-order valence-corrected chi connectivity index (χ1v) is 19.1. The monoisotopic (exact) mass is 633 g/mol. The summed E-state index contributed by atoms with van der Waals surface area (Å²) in [5.74, 6) is -2.01. The van der Waals surface area contributed by atoms with E-state index in [1.54, 1.807) is 6.33 Å². The number of halogens is 3. The molecule has 1 N–H and O–H groups in total. The van der Waals surface area contributed by atoms with Crippen molar-refractivity contribution in [2.75, 3.05) is 11.3 Å². The van der Waals surface area contributed by atoms with Crippen molar-refractivity contribution in [3.8, 4) is 11.5 Å². The minimum absolute atomic E-state index is 0.0384. The fraction of sp³-hybridized carbons (Fsp3) is 0.429. The van der Waals surface area contributed by atoms with Crippen LogP contribution in [0.15, 0.2) is 35.6 Å². The third-order valence-corrected chi connectivity index (χ3v) is 10.7. The highest BCUT2D eigenvalue weighted by Crippen LogP contribution is 2.37. The van der Waals surface area contributed by atoms with Gasteiger partial charge in [0, 0.05) is 38.4 Å². The molecular formula is C28H34F3N7O3SSi. The molecule has 43 heavy (non-hydrogen) atoms. The summed E-state index contributed by atoms with van der Waals surface area (Å²) in [5.41, 5.74) is 0.865. The molecule has 1 unspecified atom stereocenters. The van der Waals surface area contributed by atoms with E-state index in [9.17, 15) is 12.8 Å². The first kappa shape index (κ1) is 30.9. The molecule has 15 heteroatoms. The van der Waals surface area contributed by atoms with Gasteiger partial charge in [-0.2, -0.15) is 0 Å². The Morgan fingerprint density at radius 2 is 1.88 bits per heavy atom. The van der Waals surface area contributed by atoms with E-state index in [4.69, 9.17) is 4.74 Å². The van der Waals surface area contributed by atoms with E-state index in [1.807, 2.05) is 16.1 Å². The van der Waals surface area contributed by atoms with Crippen molar-refractivity contribution >= 4 is 23.8 Å². The number of hydrogen-bond donors (Lipinski definition) is 1. The van der Waals surface area contributed by atoms with Crippen molar-refractivity contribution in [1.82, 2.24) is 29.3 Å². The average Bonchev–Trinajstić information content (AvgIpc) is 3.51. The number of pyridine rings is 1. The number of benzene rings is 1. The van der Waals surface area contributed by atoms with Gasteiger partial charge in [0.2, 0.25) is 0 Å². The highest BCUT2D eigenvalue weighted by atomic mass is 32.2. The Hall–Kier alpha value is -3.56. The van der Waals surface area contributed by atoms with E-state index in [1.165, 1.54) is 6.92 Å². The maximum absolute atomic E-state index is 15.8. The van der Waals surface area contributed by atoms with Gasteiger partial charge in [-0.25, -0.2) is 26.6 Å². The number of nitrogens with one attached hydrogen (secondary N) is 1. The van der Waals surface area contributed by atoms with Gasteiger partial charge in [-0.15, -0.1) is 10.2 Å². The summed E-state index contributed by atoms with van der Waals surface area (Å²) in [4.78, 5) is 7.86. The lowest BCUT2D eigenvalue weighted by Crippen LogP contribution is -2.22. The number of sulfonamides is 1. The lowest BCUT2D eigenvalue weighted by atomic mass is 9.89. The van der Waals surface area contributed by atoms with Crippen LogP contribution in [0.3, 0.4) is 0 Å². The Bertz CT molecular complexity index is 1770. The molecule has 0 spiro atoms. The van der Waals surface area contributed by atoms with Crippen molar-refractivity contribution in [3.05, 3.63) is 71.0 Å². The lowest BCUT2D eigenvalue weighted by molar-refractivity contribution is 0.0866. The van der Waals surface area contributed by atoms with Crippen LogP contribution in [-0.4, -0.2) is 52.4 Å². The number of hydrogen-bond acceptors (Lipinski definition) is 7. The lowest BCUT2D eigenvalue weighted by Gasteiger charge is -2.26. The third-order valence-electron chi connectivity index (χ3n) is 7.53. The second-order valence-electron chi connectivity index (χ2n) is 11.9. The van der Waals surface area contributed by atoms with Gasteiger partial charge in [0.15, 0.2) is 11.6 Å². The Morgan fingerprint density at radius 1 is 1.12 bits per heavy atom. The molecule has 10 nitrogen and oxygen atoms in total. The van der Waals surface area contributed by atoms with Crippen LogP contribution in [-0.2, 0) is 34.5 Å². The predicted molar refractivity (Wildman–Crippen MR) is 157 cm³/mol. The zero-order valence-corrected chi connectivity index (χ0v) is 26.5. The highest BCUT2D eigenvalue weighted by molar-refractivity contribution is 7.92. The molecule has 0 bridgehead atoms.